The van der Waals surface area contributed by atoms with Gasteiger partial charge in [-0.3, -0.25) is 4.79 Å². The lowest BCUT2D eigenvalue weighted by molar-refractivity contribution is -0.121. The van der Waals surface area contributed by atoms with Crippen molar-refractivity contribution < 1.29 is 4.79 Å². The Kier molecular flexibility index (Phi) is 4.25. The molecule has 0 aliphatic heterocycles. The summed E-state index contributed by atoms with van der Waals surface area (Å²) >= 11 is 0. The summed E-state index contributed by atoms with van der Waals surface area (Å²) in [5.74, 6) is 0.112. The third kappa shape index (κ3) is 3.35. The SMILES string of the molecule is CC1(C)CCCC1NC(=O)Cc1ccccc1CN. The van der Waals surface area contributed by atoms with Gasteiger partial charge in [-0.05, 0) is 29.4 Å². The molecule has 0 heterocycles. The first-order valence-electron chi connectivity index (χ1n) is 7.09. The predicted octanol–water partition coefficient (Wildman–Crippen LogP) is 2.38. The van der Waals surface area contributed by atoms with Crippen LogP contribution in [0.15, 0.2) is 24.3 Å². The standard InChI is InChI=1S/C16H24N2O/c1-16(2)9-5-8-14(16)18-15(19)10-12-6-3-4-7-13(12)11-17/h3-4,6-7,14H,5,8-11,17H2,1-2H3,(H,18,19). The Morgan fingerprint density at radius 2 is 2.05 bits per heavy atom. The van der Waals surface area contributed by atoms with Gasteiger partial charge in [0.2, 0.25) is 5.91 Å². The van der Waals surface area contributed by atoms with Gasteiger partial charge >= 0.3 is 0 Å². The van der Waals surface area contributed by atoms with Crippen LogP contribution in [0.2, 0.25) is 0 Å². The van der Waals surface area contributed by atoms with Gasteiger partial charge in [0, 0.05) is 12.6 Å². The van der Waals surface area contributed by atoms with Crippen LogP contribution in [0.3, 0.4) is 0 Å². The summed E-state index contributed by atoms with van der Waals surface area (Å²) in [6.07, 6.45) is 3.92. The summed E-state index contributed by atoms with van der Waals surface area (Å²) < 4.78 is 0. The van der Waals surface area contributed by atoms with E-state index >= 15 is 0 Å². The average Bonchev–Trinajstić information content (AvgIpc) is 2.69. The fourth-order valence-corrected chi connectivity index (χ4v) is 2.94. The highest BCUT2D eigenvalue weighted by molar-refractivity contribution is 5.79. The van der Waals surface area contributed by atoms with E-state index in [-0.39, 0.29) is 11.3 Å². The second-order valence-electron chi connectivity index (χ2n) is 6.15. The van der Waals surface area contributed by atoms with Crippen molar-refractivity contribution in [2.45, 2.75) is 52.1 Å². The Morgan fingerprint density at radius 3 is 2.63 bits per heavy atom. The average molecular weight is 260 g/mol. The van der Waals surface area contributed by atoms with Crippen LogP contribution in [-0.4, -0.2) is 11.9 Å². The molecule has 1 unspecified atom stereocenters. The summed E-state index contributed by atoms with van der Waals surface area (Å²) in [6, 6.07) is 8.21. The van der Waals surface area contributed by atoms with E-state index < -0.39 is 0 Å². The van der Waals surface area contributed by atoms with Gasteiger partial charge in [-0.25, -0.2) is 0 Å². The highest BCUT2D eigenvalue weighted by Crippen LogP contribution is 2.37. The lowest BCUT2D eigenvalue weighted by atomic mass is 9.87. The molecule has 0 radical (unpaired) electrons. The fourth-order valence-electron chi connectivity index (χ4n) is 2.94. The molecule has 3 N–H and O–H groups in total. The lowest BCUT2D eigenvalue weighted by Crippen LogP contribution is -2.42. The zero-order chi connectivity index (χ0) is 13.9. The molecule has 2 rings (SSSR count). The number of hydrogen-bond donors (Lipinski definition) is 2. The van der Waals surface area contributed by atoms with E-state index in [2.05, 4.69) is 19.2 Å². The van der Waals surface area contributed by atoms with Crippen LogP contribution in [0.25, 0.3) is 0 Å². The molecule has 0 spiro atoms. The highest BCUT2D eigenvalue weighted by atomic mass is 16.1. The molecule has 1 saturated carbocycles. The molecule has 1 fully saturated rings. The number of nitrogens with one attached hydrogen (secondary N) is 1. The highest BCUT2D eigenvalue weighted by Gasteiger charge is 2.35. The van der Waals surface area contributed by atoms with Crippen LogP contribution in [-0.2, 0) is 17.8 Å². The fraction of sp³-hybridized carbons (Fsp3) is 0.562. The molecule has 1 aliphatic carbocycles. The van der Waals surface area contributed by atoms with Gasteiger partial charge in [-0.15, -0.1) is 0 Å². The molecule has 1 aromatic carbocycles. The van der Waals surface area contributed by atoms with Crippen molar-refractivity contribution in [3.63, 3.8) is 0 Å². The first-order valence-corrected chi connectivity index (χ1v) is 7.09. The van der Waals surface area contributed by atoms with E-state index in [0.29, 0.717) is 19.0 Å². The van der Waals surface area contributed by atoms with E-state index in [9.17, 15) is 4.79 Å². The molecule has 1 aliphatic rings. The van der Waals surface area contributed by atoms with E-state index in [1.54, 1.807) is 0 Å². The summed E-state index contributed by atoms with van der Waals surface area (Å²) in [4.78, 5) is 12.2. The molecule has 0 aromatic heterocycles. The van der Waals surface area contributed by atoms with Crippen molar-refractivity contribution in [2.75, 3.05) is 0 Å². The minimum Gasteiger partial charge on any atom is -0.353 e. The minimum absolute atomic E-state index is 0.112. The lowest BCUT2D eigenvalue weighted by Gasteiger charge is -2.28. The van der Waals surface area contributed by atoms with Gasteiger partial charge in [0.1, 0.15) is 0 Å². The molecular weight excluding hydrogens is 236 g/mol. The van der Waals surface area contributed by atoms with Gasteiger partial charge < -0.3 is 11.1 Å². The molecule has 1 atom stereocenters. The Balaban J connectivity index is 1.98. The first kappa shape index (κ1) is 14.1. The van der Waals surface area contributed by atoms with Gasteiger partial charge in [0.25, 0.3) is 0 Å². The number of carbonyl (C=O) groups excluding carboxylic acids is 1. The number of carbonyl (C=O) groups is 1. The molecule has 3 heteroatoms. The van der Waals surface area contributed by atoms with Crippen molar-refractivity contribution >= 4 is 5.91 Å². The van der Waals surface area contributed by atoms with Crippen molar-refractivity contribution in [3.8, 4) is 0 Å². The van der Waals surface area contributed by atoms with Crippen LogP contribution in [0.5, 0.6) is 0 Å². The molecule has 1 aromatic rings. The third-order valence-corrected chi connectivity index (χ3v) is 4.28. The first-order chi connectivity index (χ1) is 9.03. The molecule has 0 saturated heterocycles. The van der Waals surface area contributed by atoms with Crippen molar-refractivity contribution in [2.24, 2.45) is 11.1 Å². The van der Waals surface area contributed by atoms with Crippen molar-refractivity contribution in [1.82, 2.24) is 5.32 Å². The molecule has 3 nitrogen and oxygen atoms in total. The van der Waals surface area contributed by atoms with Crippen molar-refractivity contribution in [3.05, 3.63) is 35.4 Å². The van der Waals surface area contributed by atoms with E-state index in [1.807, 2.05) is 24.3 Å². The van der Waals surface area contributed by atoms with E-state index in [1.165, 1.54) is 12.8 Å². The summed E-state index contributed by atoms with van der Waals surface area (Å²) in [6.45, 7) is 4.95. The number of rotatable bonds is 4. The van der Waals surface area contributed by atoms with Crippen LogP contribution in [0, 0.1) is 5.41 Å². The van der Waals surface area contributed by atoms with Crippen LogP contribution < -0.4 is 11.1 Å². The van der Waals surface area contributed by atoms with Crippen molar-refractivity contribution in [1.29, 1.82) is 0 Å². The predicted molar refractivity (Wildman–Crippen MR) is 77.6 cm³/mol. The molecule has 19 heavy (non-hydrogen) atoms. The summed E-state index contributed by atoms with van der Waals surface area (Å²) in [5, 5.41) is 3.19. The second-order valence-corrected chi connectivity index (χ2v) is 6.15. The number of benzene rings is 1. The van der Waals surface area contributed by atoms with Crippen LogP contribution >= 0.6 is 0 Å². The van der Waals surface area contributed by atoms with Crippen LogP contribution in [0.4, 0.5) is 0 Å². The van der Waals surface area contributed by atoms with E-state index in [4.69, 9.17) is 5.73 Å². The van der Waals surface area contributed by atoms with Gasteiger partial charge in [-0.2, -0.15) is 0 Å². The Labute approximate surface area is 115 Å². The Hall–Kier alpha value is -1.35. The Bertz CT molecular complexity index is 454. The van der Waals surface area contributed by atoms with Gasteiger partial charge in [0.15, 0.2) is 0 Å². The maximum absolute atomic E-state index is 12.2. The molecular formula is C16H24N2O. The number of hydrogen-bond acceptors (Lipinski definition) is 2. The van der Waals surface area contributed by atoms with Crippen LogP contribution in [0.1, 0.15) is 44.2 Å². The quantitative estimate of drug-likeness (QED) is 0.873. The zero-order valence-electron chi connectivity index (χ0n) is 11.9. The molecule has 0 bridgehead atoms. The number of nitrogens with two attached hydrogens (primary N) is 1. The smallest absolute Gasteiger partial charge is 0.224 e. The zero-order valence-corrected chi connectivity index (χ0v) is 11.9. The molecule has 1 amide bonds. The normalized spacial score (nSPS) is 21.3. The number of amides is 1. The summed E-state index contributed by atoms with van der Waals surface area (Å²) in [5.41, 5.74) is 8.03. The molecule has 104 valence electrons. The third-order valence-electron chi connectivity index (χ3n) is 4.28. The Morgan fingerprint density at radius 1 is 1.37 bits per heavy atom. The monoisotopic (exact) mass is 260 g/mol. The van der Waals surface area contributed by atoms with Gasteiger partial charge in [-0.1, -0.05) is 44.5 Å². The van der Waals surface area contributed by atoms with E-state index in [0.717, 1.165) is 17.5 Å². The van der Waals surface area contributed by atoms with Gasteiger partial charge in [0.05, 0.1) is 6.42 Å². The minimum atomic E-state index is 0.112. The largest absolute Gasteiger partial charge is 0.353 e. The maximum Gasteiger partial charge on any atom is 0.224 e. The second kappa shape index (κ2) is 5.74. The topological polar surface area (TPSA) is 55.1 Å². The summed E-state index contributed by atoms with van der Waals surface area (Å²) in [7, 11) is 0. The maximum atomic E-state index is 12.2.